The average Bonchev–Trinajstić information content (AvgIpc) is 3.08. The number of aromatic amines is 1. The smallest absolute Gasteiger partial charge is 0.261 e. The Morgan fingerprint density at radius 2 is 2.17 bits per heavy atom. The summed E-state index contributed by atoms with van der Waals surface area (Å²) in [6, 6.07) is 6.56. The molecular weight excluding hydrogens is 310 g/mol. The van der Waals surface area contributed by atoms with Gasteiger partial charge >= 0.3 is 0 Å². The average molecular weight is 329 g/mol. The van der Waals surface area contributed by atoms with Gasteiger partial charge in [0.1, 0.15) is 11.3 Å². The van der Waals surface area contributed by atoms with Gasteiger partial charge in [0.25, 0.3) is 11.5 Å². The van der Waals surface area contributed by atoms with Crippen LogP contribution in [0.5, 0.6) is 0 Å². The molecule has 1 atom stereocenters. The van der Waals surface area contributed by atoms with Gasteiger partial charge in [0.2, 0.25) is 5.91 Å². The number of hydrogen-bond donors (Lipinski definition) is 2. The molecule has 2 amide bonds. The van der Waals surface area contributed by atoms with Gasteiger partial charge in [-0.05, 0) is 37.1 Å². The summed E-state index contributed by atoms with van der Waals surface area (Å²) in [6.45, 7) is 2.45. The van der Waals surface area contributed by atoms with Gasteiger partial charge in [-0.15, -0.1) is 0 Å². The Morgan fingerprint density at radius 1 is 1.33 bits per heavy atom. The molecule has 7 heteroatoms. The van der Waals surface area contributed by atoms with Crippen LogP contribution in [-0.4, -0.2) is 40.8 Å². The van der Waals surface area contributed by atoms with Crippen LogP contribution in [0.4, 0.5) is 0 Å². The van der Waals surface area contributed by atoms with Crippen molar-refractivity contribution in [2.24, 2.45) is 0 Å². The van der Waals surface area contributed by atoms with E-state index < -0.39 is 5.56 Å². The summed E-state index contributed by atoms with van der Waals surface area (Å²) in [4.78, 5) is 40.4. The SMILES string of the molecule is CC(=O)N[C@H]1CCCN(C(=O)c2ccc(-c3ccco3)[nH]c2=O)C1. The Morgan fingerprint density at radius 3 is 2.83 bits per heavy atom. The third-order valence-corrected chi connectivity index (χ3v) is 4.04. The molecule has 0 saturated carbocycles. The molecule has 1 aliphatic rings. The highest BCUT2D eigenvalue weighted by molar-refractivity contribution is 5.94. The zero-order valence-corrected chi connectivity index (χ0v) is 13.4. The highest BCUT2D eigenvalue weighted by Crippen LogP contribution is 2.17. The molecule has 3 heterocycles. The third kappa shape index (κ3) is 3.40. The maximum atomic E-state index is 12.6. The van der Waals surface area contributed by atoms with E-state index in [4.69, 9.17) is 4.42 Å². The van der Waals surface area contributed by atoms with E-state index in [0.29, 0.717) is 24.5 Å². The topological polar surface area (TPSA) is 95.4 Å². The van der Waals surface area contributed by atoms with Crippen molar-refractivity contribution in [1.29, 1.82) is 0 Å². The fourth-order valence-corrected chi connectivity index (χ4v) is 2.95. The molecule has 7 nitrogen and oxygen atoms in total. The quantitative estimate of drug-likeness (QED) is 0.889. The molecule has 2 aromatic heterocycles. The van der Waals surface area contributed by atoms with Gasteiger partial charge in [-0.2, -0.15) is 0 Å². The summed E-state index contributed by atoms with van der Waals surface area (Å²) < 4.78 is 5.24. The van der Waals surface area contributed by atoms with Crippen LogP contribution in [0.1, 0.15) is 30.1 Å². The minimum Gasteiger partial charge on any atom is -0.463 e. The molecule has 0 radical (unpaired) electrons. The molecule has 1 aliphatic heterocycles. The summed E-state index contributed by atoms with van der Waals surface area (Å²) in [7, 11) is 0. The minimum atomic E-state index is -0.449. The predicted octanol–water partition coefficient (Wildman–Crippen LogP) is 1.38. The van der Waals surface area contributed by atoms with Gasteiger partial charge in [-0.3, -0.25) is 14.4 Å². The lowest BCUT2D eigenvalue weighted by molar-refractivity contribution is -0.120. The first kappa shape index (κ1) is 16.0. The molecule has 2 aromatic rings. The van der Waals surface area contributed by atoms with E-state index in [-0.39, 0.29) is 23.4 Å². The maximum Gasteiger partial charge on any atom is 0.261 e. The highest BCUT2D eigenvalue weighted by atomic mass is 16.3. The van der Waals surface area contributed by atoms with Crippen molar-refractivity contribution in [2.45, 2.75) is 25.8 Å². The Hall–Kier alpha value is -2.83. The Balaban J connectivity index is 1.77. The summed E-state index contributed by atoms with van der Waals surface area (Å²) >= 11 is 0. The van der Waals surface area contributed by atoms with Crippen molar-refractivity contribution < 1.29 is 14.0 Å². The first-order valence-corrected chi connectivity index (χ1v) is 7.88. The number of rotatable bonds is 3. The number of nitrogens with one attached hydrogen (secondary N) is 2. The minimum absolute atomic E-state index is 0.0679. The van der Waals surface area contributed by atoms with Gasteiger partial charge in [0.05, 0.1) is 12.0 Å². The van der Waals surface area contributed by atoms with Gasteiger partial charge in [-0.1, -0.05) is 0 Å². The van der Waals surface area contributed by atoms with E-state index in [1.165, 1.54) is 19.3 Å². The largest absolute Gasteiger partial charge is 0.463 e. The molecule has 126 valence electrons. The van der Waals surface area contributed by atoms with Crippen LogP contribution < -0.4 is 10.9 Å². The fourth-order valence-electron chi connectivity index (χ4n) is 2.95. The molecule has 0 spiro atoms. The number of H-pyrrole nitrogens is 1. The lowest BCUT2D eigenvalue weighted by Gasteiger charge is -2.32. The normalized spacial score (nSPS) is 17.5. The lowest BCUT2D eigenvalue weighted by Crippen LogP contribution is -2.49. The van der Waals surface area contributed by atoms with Crippen molar-refractivity contribution in [3.63, 3.8) is 0 Å². The number of likely N-dealkylation sites (tertiary alicyclic amines) is 1. The standard InChI is InChI=1S/C17H19N3O4/c1-11(21)18-12-4-2-8-20(10-12)17(23)13-6-7-14(19-16(13)22)15-5-3-9-24-15/h3,5-7,9,12H,2,4,8,10H2,1H3,(H,18,21)(H,19,22)/t12-/m0/s1. The fraction of sp³-hybridized carbons (Fsp3) is 0.353. The van der Waals surface area contributed by atoms with Gasteiger partial charge in [0.15, 0.2) is 0 Å². The Bertz CT molecular complexity index is 794. The van der Waals surface area contributed by atoms with Crippen LogP contribution in [0.2, 0.25) is 0 Å². The summed E-state index contributed by atoms with van der Waals surface area (Å²) in [5, 5.41) is 2.83. The Labute approximate surface area is 138 Å². The zero-order valence-electron chi connectivity index (χ0n) is 13.4. The summed E-state index contributed by atoms with van der Waals surface area (Å²) in [5.74, 6) is 0.0991. The van der Waals surface area contributed by atoms with E-state index in [1.54, 1.807) is 23.1 Å². The van der Waals surface area contributed by atoms with E-state index in [2.05, 4.69) is 10.3 Å². The number of furan rings is 1. The van der Waals surface area contributed by atoms with Gasteiger partial charge < -0.3 is 19.6 Å². The van der Waals surface area contributed by atoms with Crippen molar-refractivity contribution >= 4 is 11.8 Å². The predicted molar refractivity (Wildman–Crippen MR) is 87.5 cm³/mol. The lowest BCUT2D eigenvalue weighted by atomic mass is 10.0. The molecule has 3 rings (SSSR count). The van der Waals surface area contributed by atoms with E-state index >= 15 is 0 Å². The number of aromatic nitrogens is 1. The molecule has 1 fully saturated rings. The zero-order chi connectivity index (χ0) is 17.1. The second-order valence-electron chi connectivity index (χ2n) is 5.88. The molecular formula is C17H19N3O4. The number of hydrogen-bond acceptors (Lipinski definition) is 4. The first-order valence-electron chi connectivity index (χ1n) is 7.88. The van der Waals surface area contributed by atoms with Crippen molar-refractivity contribution in [3.05, 3.63) is 46.4 Å². The molecule has 1 saturated heterocycles. The molecule has 2 N–H and O–H groups in total. The summed E-state index contributed by atoms with van der Waals surface area (Å²) in [5.41, 5.74) is 0.167. The number of pyridine rings is 1. The highest BCUT2D eigenvalue weighted by Gasteiger charge is 2.26. The number of carbonyl (C=O) groups is 2. The van der Waals surface area contributed by atoms with Gasteiger partial charge in [0, 0.05) is 26.1 Å². The third-order valence-electron chi connectivity index (χ3n) is 4.04. The molecule has 24 heavy (non-hydrogen) atoms. The maximum absolute atomic E-state index is 12.6. The monoisotopic (exact) mass is 329 g/mol. The molecule has 0 aliphatic carbocycles. The van der Waals surface area contributed by atoms with Crippen molar-refractivity contribution in [2.75, 3.05) is 13.1 Å². The van der Waals surface area contributed by atoms with Crippen molar-refractivity contribution in [3.8, 4) is 11.5 Å². The second kappa shape index (κ2) is 6.74. The Kier molecular flexibility index (Phi) is 4.50. The van der Waals surface area contributed by atoms with Crippen LogP contribution in [0.25, 0.3) is 11.5 Å². The first-order chi connectivity index (χ1) is 11.5. The number of carbonyl (C=O) groups excluding carboxylic acids is 2. The van der Waals surface area contributed by atoms with E-state index in [1.807, 2.05) is 0 Å². The van der Waals surface area contributed by atoms with Gasteiger partial charge in [-0.25, -0.2) is 0 Å². The van der Waals surface area contributed by atoms with Crippen LogP contribution in [-0.2, 0) is 4.79 Å². The second-order valence-corrected chi connectivity index (χ2v) is 5.88. The van der Waals surface area contributed by atoms with Crippen LogP contribution >= 0.6 is 0 Å². The molecule has 0 aromatic carbocycles. The van der Waals surface area contributed by atoms with Crippen molar-refractivity contribution in [1.82, 2.24) is 15.2 Å². The van der Waals surface area contributed by atoms with Crippen LogP contribution in [0, 0.1) is 0 Å². The van der Waals surface area contributed by atoms with Crippen LogP contribution in [0.15, 0.2) is 39.7 Å². The van der Waals surface area contributed by atoms with E-state index in [9.17, 15) is 14.4 Å². The van der Waals surface area contributed by atoms with E-state index in [0.717, 1.165) is 12.8 Å². The molecule has 0 bridgehead atoms. The molecule has 0 unspecified atom stereocenters. The number of nitrogens with zero attached hydrogens (tertiary/aromatic N) is 1. The summed E-state index contributed by atoms with van der Waals surface area (Å²) in [6.07, 6.45) is 3.14. The number of amides is 2. The number of piperidine rings is 1. The van der Waals surface area contributed by atoms with Crippen LogP contribution in [0.3, 0.4) is 0 Å².